The minimum atomic E-state index is 0. The maximum absolute atomic E-state index is 2.29. The van der Waals surface area contributed by atoms with Crippen LogP contribution in [0.25, 0.3) is 22.3 Å². The molecule has 0 spiro atoms. The predicted molar refractivity (Wildman–Crippen MR) is 397 cm³/mol. The molecule has 10 aromatic rings. The van der Waals surface area contributed by atoms with Crippen molar-refractivity contribution < 1.29 is 0 Å². The number of rotatable bonds is 6. The largest absolute Gasteiger partial charge is 0.0776 e. The Morgan fingerprint density at radius 1 is 0.165 bits per heavy atom. The Kier molecular flexibility index (Phi) is 48.4. The van der Waals surface area contributed by atoms with E-state index in [0.29, 0.717) is 0 Å². The Bertz CT molecular complexity index is 3050. The van der Waals surface area contributed by atoms with Gasteiger partial charge in [-0.15, -0.1) is 0 Å². The van der Waals surface area contributed by atoms with E-state index < -0.39 is 0 Å². The zero-order valence-corrected chi connectivity index (χ0v) is 47.4. The van der Waals surface area contributed by atoms with E-state index in [-0.39, 0.29) is 74.3 Å². The van der Waals surface area contributed by atoms with Gasteiger partial charge in [0.05, 0.1) is 0 Å². The SMILES string of the molecule is C.C.C.C.C.C.C.C.C.C.Cc1ccc(-c2ccc(C)cc2)cc1.Cc1ccc(C)cc1.Cc1ccc(Cc2ccc(C)cc2)cc1.Cc1cccc(-c2cccc(C)c2)c1.Cc1cccc(C)c1.Cc1cccc(Cc2ccc(C)c(C)c2)c1. The molecule has 0 aliphatic carbocycles. The van der Waals surface area contributed by atoms with E-state index in [2.05, 4.69) is 327 Å². The molecule has 0 heterocycles. The summed E-state index contributed by atoms with van der Waals surface area (Å²) < 4.78 is 0. The van der Waals surface area contributed by atoms with E-state index >= 15 is 0 Å². The second-order valence-electron chi connectivity index (χ2n) is 20.5. The molecular formula is C85H122. The van der Waals surface area contributed by atoms with E-state index in [4.69, 9.17) is 0 Å². The van der Waals surface area contributed by atoms with Crippen LogP contribution in [0.4, 0.5) is 0 Å². The molecule has 0 aliphatic heterocycles. The minimum Gasteiger partial charge on any atom is -0.0776 e. The lowest BCUT2D eigenvalue weighted by molar-refractivity contribution is 1.16. The fourth-order valence-electron chi connectivity index (χ4n) is 8.20. The van der Waals surface area contributed by atoms with Gasteiger partial charge >= 0.3 is 0 Å². The van der Waals surface area contributed by atoms with Crippen LogP contribution in [0.3, 0.4) is 0 Å². The zero-order valence-electron chi connectivity index (χ0n) is 47.4. The van der Waals surface area contributed by atoms with Gasteiger partial charge in [-0.3, -0.25) is 0 Å². The fourth-order valence-corrected chi connectivity index (χ4v) is 8.20. The summed E-state index contributed by atoms with van der Waals surface area (Å²) in [6.07, 6.45) is 2.06. The van der Waals surface area contributed by atoms with Crippen molar-refractivity contribution in [3.8, 4) is 22.3 Å². The lowest BCUT2D eigenvalue weighted by atomic mass is 10.00. The molecule has 0 amide bonds. The molecule has 0 N–H and O–H groups in total. The summed E-state index contributed by atoms with van der Waals surface area (Å²) >= 11 is 0. The van der Waals surface area contributed by atoms with Crippen molar-refractivity contribution >= 4 is 0 Å². The Morgan fingerprint density at radius 2 is 0.412 bits per heavy atom. The van der Waals surface area contributed by atoms with Gasteiger partial charge in [-0.05, 0) is 158 Å². The highest BCUT2D eigenvalue weighted by Gasteiger charge is 2.01. The number of hydrogen-bond acceptors (Lipinski definition) is 0. The molecular weight excluding hydrogens is 1020 g/mol. The summed E-state index contributed by atoms with van der Waals surface area (Å²) in [4.78, 5) is 0. The average molecular weight is 1140 g/mol. The Labute approximate surface area is 527 Å². The highest BCUT2D eigenvalue weighted by atomic mass is 14.1. The highest BCUT2D eigenvalue weighted by Crippen LogP contribution is 2.22. The third-order valence-electron chi connectivity index (χ3n) is 12.9. The Balaban J connectivity index is -0.000000218. The summed E-state index contributed by atoms with van der Waals surface area (Å²) in [5.41, 5.74) is 28.0. The molecule has 0 bridgehead atoms. The average Bonchev–Trinajstić information content (AvgIpc) is 3.47. The van der Waals surface area contributed by atoms with Gasteiger partial charge < -0.3 is 0 Å². The van der Waals surface area contributed by atoms with Crippen LogP contribution in [0.15, 0.2) is 237 Å². The second-order valence-corrected chi connectivity index (χ2v) is 20.5. The zero-order chi connectivity index (χ0) is 54.1. The summed E-state index contributed by atoms with van der Waals surface area (Å²) in [6, 6.07) is 84.3. The van der Waals surface area contributed by atoms with E-state index in [1.54, 1.807) is 0 Å². The number of aryl methyl sites for hydroxylation is 13. The topological polar surface area (TPSA) is 0 Å². The van der Waals surface area contributed by atoms with E-state index in [9.17, 15) is 0 Å². The molecule has 10 aromatic carbocycles. The smallest absolute Gasteiger partial charge is 0.00256 e. The number of hydrogen-bond donors (Lipinski definition) is 0. The van der Waals surface area contributed by atoms with Gasteiger partial charge in [0.15, 0.2) is 0 Å². The first-order chi connectivity index (χ1) is 36.0. The van der Waals surface area contributed by atoms with Crippen LogP contribution in [0.2, 0.25) is 0 Å². The second kappa shape index (κ2) is 46.6. The van der Waals surface area contributed by atoms with Crippen LogP contribution >= 0.6 is 0 Å². The van der Waals surface area contributed by atoms with Gasteiger partial charge in [0, 0.05) is 0 Å². The molecule has 0 atom stereocenters. The fraction of sp³-hybridized carbons (Fsp3) is 0.294. The lowest BCUT2D eigenvalue weighted by Crippen LogP contribution is -1.91. The Hall–Kier alpha value is -7.80. The molecule has 0 saturated carbocycles. The molecule has 0 unspecified atom stereocenters. The molecule has 462 valence electrons. The van der Waals surface area contributed by atoms with Crippen LogP contribution in [0.1, 0.15) is 169 Å². The van der Waals surface area contributed by atoms with Crippen molar-refractivity contribution in [1.29, 1.82) is 0 Å². The van der Waals surface area contributed by atoms with Crippen LogP contribution in [0.5, 0.6) is 0 Å². The molecule has 10 rings (SSSR count). The van der Waals surface area contributed by atoms with Crippen LogP contribution in [-0.4, -0.2) is 0 Å². The van der Waals surface area contributed by atoms with Gasteiger partial charge in [0.1, 0.15) is 0 Å². The van der Waals surface area contributed by atoms with Crippen LogP contribution in [0, 0.1) is 90.0 Å². The van der Waals surface area contributed by atoms with Crippen molar-refractivity contribution in [2.75, 3.05) is 0 Å². The monoisotopic (exact) mass is 1140 g/mol. The molecule has 0 fully saturated rings. The van der Waals surface area contributed by atoms with Crippen molar-refractivity contribution in [3.05, 3.63) is 331 Å². The van der Waals surface area contributed by atoms with Gasteiger partial charge in [-0.1, -0.05) is 372 Å². The summed E-state index contributed by atoms with van der Waals surface area (Å²) in [5.74, 6) is 0. The summed E-state index contributed by atoms with van der Waals surface area (Å²) in [7, 11) is 0. The highest BCUT2D eigenvalue weighted by molar-refractivity contribution is 5.65. The van der Waals surface area contributed by atoms with Crippen molar-refractivity contribution in [1.82, 2.24) is 0 Å². The third kappa shape index (κ3) is 33.9. The lowest BCUT2D eigenvalue weighted by Gasteiger charge is -2.06. The third-order valence-corrected chi connectivity index (χ3v) is 12.9. The van der Waals surface area contributed by atoms with E-state index in [0.717, 1.165) is 12.8 Å². The first kappa shape index (κ1) is 88.4. The molecule has 0 aromatic heterocycles. The summed E-state index contributed by atoms with van der Waals surface area (Å²) in [5, 5.41) is 0. The van der Waals surface area contributed by atoms with Gasteiger partial charge in [0.2, 0.25) is 0 Å². The first-order valence-electron chi connectivity index (χ1n) is 26.5. The summed E-state index contributed by atoms with van der Waals surface area (Å²) in [6.45, 7) is 27.6. The van der Waals surface area contributed by atoms with E-state index in [1.807, 2.05) is 0 Å². The molecule has 0 heteroatoms. The minimum absolute atomic E-state index is 0. The quantitative estimate of drug-likeness (QED) is 0.156. The first-order valence-corrected chi connectivity index (χ1v) is 26.5. The van der Waals surface area contributed by atoms with Crippen molar-refractivity contribution in [2.24, 2.45) is 0 Å². The molecule has 0 radical (unpaired) electrons. The van der Waals surface area contributed by atoms with Crippen molar-refractivity contribution in [3.63, 3.8) is 0 Å². The maximum atomic E-state index is 2.29. The molecule has 0 aliphatic rings. The molecule has 0 nitrogen and oxygen atoms in total. The normalized spacial score (nSPS) is 8.86. The van der Waals surface area contributed by atoms with Crippen molar-refractivity contribution in [2.45, 2.75) is 177 Å². The van der Waals surface area contributed by atoms with Gasteiger partial charge in [-0.25, -0.2) is 0 Å². The molecule has 0 saturated heterocycles. The standard InChI is InChI=1S/C16H18.C15H16.2C14H14.2C8H10.10CH4/c1-12-5-4-6-15(9-12)11-16-8-7-13(2)14(3)10-16;1-12-3-7-14(8-4-12)11-15-9-5-13(2)6-10-15;1-11-3-7-13(8-4-11)14-9-5-12(2)6-10-14;1-11-5-3-7-13(9-11)14-8-4-6-12(2)10-14;1-7-3-5-8(2)6-4-7;1-7-4-3-5-8(2)6-7;;;;;;;;;;/h4-10H,11H2,1-3H3;3-10H,11H2,1-2H3;2*3-10H,1-2H3;2*3-6H,1-2H3;10*1H4. The van der Waals surface area contributed by atoms with Gasteiger partial charge in [0.25, 0.3) is 0 Å². The van der Waals surface area contributed by atoms with Gasteiger partial charge in [-0.2, -0.15) is 0 Å². The maximum Gasteiger partial charge on any atom is -0.00256 e. The van der Waals surface area contributed by atoms with Crippen LogP contribution in [-0.2, 0) is 12.8 Å². The Morgan fingerprint density at radius 3 is 0.706 bits per heavy atom. The van der Waals surface area contributed by atoms with E-state index in [1.165, 1.54) is 117 Å². The molecule has 85 heavy (non-hydrogen) atoms. The number of benzene rings is 10. The van der Waals surface area contributed by atoms with Crippen LogP contribution < -0.4 is 0 Å². The predicted octanol–water partition coefficient (Wildman–Crippen LogP) is 27.0.